The number of hydrogen-bond donors (Lipinski definition) is 2. The average molecular weight is 267 g/mol. The van der Waals surface area contributed by atoms with Gasteiger partial charge in [-0.05, 0) is 19.3 Å². The Bertz CT molecular complexity index is 454. The Labute approximate surface area is 112 Å². The van der Waals surface area contributed by atoms with E-state index in [2.05, 4.69) is 10.5 Å². The van der Waals surface area contributed by atoms with Crippen LogP contribution in [-0.2, 0) is 4.79 Å². The second-order valence-corrected chi connectivity index (χ2v) is 5.78. The number of amides is 1. The molecular weight excluding hydrogens is 246 g/mol. The fourth-order valence-electron chi connectivity index (χ4n) is 2.17. The summed E-state index contributed by atoms with van der Waals surface area (Å²) in [5, 5.41) is 16.4. The number of β-amino-alcohol motifs (C(OH)–C–C–N with tert-alkyl or cyclic N) is 1. The van der Waals surface area contributed by atoms with Crippen LogP contribution in [0.25, 0.3) is 0 Å². The van der Waals surface area contributed by atoms with Crippen LogP contribution in [0.4, 0.5) is 5.88 Å². The number of nitrogens with one attached hydrogen (secondary N) is 1. The van der Waals surface area contributed by atoms with E-state index in [1.807, 2.05) is 18.7 Å². The number of anilines is 1. The minimum Gasteiger partial charge on any atom is -0.389 e. The van der Waals surface area contributed by atoms with Crippen LogP contribution in [0.5, 0.6) is 0 Å². The molecule has 106 valence electrons. The van der Waals surface area contributed by atoms with Crippen molar-refractivity contribution in [2.24, 2.45) is 0 Å². The molecule has 0 aliphatic carbocycles. The van der Waals surface area contributed by atoms with E-state index in [0.717, 1.165) is 12.2 Å². The van der Waals surface area contributed by atoms with Crippen LogP contribution in [0.2, 0.25) is 0 Å². The number of nitrogens with zero attached hydrogens (tertiary/aromatic N) is 2. The van der Waals surface area contributed by atoms with Gasteiger partial charge < -0.3 is 9.63 Å². The van der Waals surface area contributed by atoms with Crippen molar-refractivity contribution in [3.63, 3.8) is 0 Å². The molecule has 1 aliphatic heterocycles. The summed E-state index contributed by atoms with van der Waals surface area (Å²) in [6.07, 6.45) is 0.695. The monoisotopic (exact) mass is 267 g/mol. The first-order valence-electron chi connectivity index (χ1n) is 6.57. The Morgan fingerprint density at radius 3 is 2.95 bits per heavy atom. The Kier molecular flexibility index (Phi) is 3.91. The molecular formula is C13H21N3O3. The lowest BCUT2D eigenvalue weighted by Gasteiger charge is -2.17. The first-order chi connectivity index (χ1) is 8.85. The smallest absolute Gasteiger partial charge is 0.240 e. The maximum Gasteiger partial charge on any atom is 0.240 e. The summed E-state index contributed by atoms with van der Waals surface area (Å²) in [7, 11) is 0. The zero-order chi connectivity index (χ0) is 14.0. The van der Waals surface area contributed by atoms with Gasteiger partial charge >= 0.3 is 0 Å². The molecule has 0 bridgehead atoms. The van der Waals surface area contributed by atoms with Crippen molar-refractivity contribution in [1.29, 1.82) is 0 Å². The molecule has 1 aromatic heterocycles. The first kappa shape index (κ1) is 14.0. The minimum atomic E-state index is -0.683. The van der Waals surface area contributed by atoms with Gasteiger partial charge in [-0.15, -0.1) is 0 Å². The van der Waals surface area contributed by atoms with Crippen molar-refractivity contribution in [2.75, 3.05) is 25.0 Å². The number of carbonyl (C=O) groups excluding carboxylic acids is 1. The van der Waals surface area contributed by atoms with Gasteiger partial charge in [0.15, 0.2) is 0 Å². The predicted molar refractivity (Wildman–Crippen MR) is 70.9 cm³/mol. The fraction of sp³-hybridized carbons (Fsp3) is 0.692. The summed E-state index contributed by atoms with van der Waals surface area (Å²) in [5.41, 5.74) is 0.136. The average Bonchev–Trinajstić information content (AvgIpc) is 2.85. The van der Waals surface area contributed by atoms with Gasteiger partial charge in [0.2, 0.25) is 11.8 Å². The summed E-state index contributed by atoms with van der Waals surface area (Å²) in [5.74, 6) is 0.492. The molecule has 1 unspecified atom stereocenters. The molecule has 0 aromatic carbocycles. The van der Waals surface area contributed by atoms with Crippen LogP contribution in [0.15, 0.2) is 10.6 Å². The van der Waals surface area contributed by atoms with Gasteiger partial charge in [-0.3, -0.25) is 15.0 Å². The van der Waals surface area contributed by atoms with Crippen LogP contribution >= 0.6 is 0 Å². The van der Waals surface area contributed by atoms with E-state index in [-0.39, 0.29) is 18.4 Å². The summed E-state index contributed by atoms with van der Waals surface area (Å²) in [6, 6.07) is 1.74. The Morgan fingerprint density at radius 2 is 2.42 bits per heavy atom. The van der Waals surface area contributed by atoms with Crippen molar-refractivity contribution in [1.82, 2.24) is 10.1 Å². The van der Waals surface area contributed by atoms with E-state index in [9.17, 15) is 9.90 Å². The highest BCUT2D eigenvalue weighted by atomic mass is 16.5. The maximum absolute atomic E-state index is 11.8. The van der Waals surface area contributed by atoms with E-state index >= 15 is 0 Å². The zero-order valence-corrected chi connectivity index (χ0v) is 11.6. The van der Waals surface area contributed by atoms with E-state index in [4.69, 9.17) is 4.52 Å². The second-order valence-electron chi connectivity index (χ2n) is 5.78. The summed E-state index contributed by atoms with van der Waals surface area (Å²) < 4.78 is 5.05. The molecule has 1 aliphatic rings. The molecule has 2 rings (SSSR count). The fourth-order valence-corrected chi connectivity index (χ4v) is 2.17. The lowest BCUT2D eigenvalue weighted by molar-refractivity contribution is -0.117. The number of hydrogen-bond acceptors (Lipinski definition) is 5. The van der Waals surface area contributed by atoms with Gasteiger partial charge in [0.25, 0.3) is 0 Å². The molecule has 6 nitrogen and oxygen atoms in total. The third kappa shape index (κ3) is 3.78. The Balaban J connectivity index is 1.84. The van der Waals surface area contributed by atoms with Gasteiger partial charge in [0.1, 0.15) is 0 Å². The number of aliphatic hydroxyl groups is 1. The molecule has 2 N–H and O–H groups in total. The first-order valence-corrected chi connectivity index (χ1v) is 6.57. The van der Waals surface area contributed by atoms with Crippen LogP contribution in [-0.4, -0.2) is 46.3 Å². The molecule has 2 heterocycles. The van der Waals surface area contributed by atoms with Crippen LogP contribution < -0.4 is 5.32 Å². The number of likely N-dealkylation sites (tertiary alicyclic amines) is 1. The molecule has 1 amide bonds. The van der Waals surface area contributed by atoms with Crippen molar-refractivity contribution < 1.29 is 14.4 Å². The second kappa shape index (κ2) is 5.30. The third-order valence-corrected chi connectivity index (χ3v) is 3.28. The SMILES string of the molecule is CC(C)c1cc(NC(=O)CN2CCC(C)(O)C2)on1. The Morgan fingerprint density at radius 1 is 1.68 bits per heavy atom. The normalized spacial score (nSPS) is 24.1. The highest BCUT2D eigenvalue weighted by Crippen LogP contribution is 2.20. The van der Waals surface area contributed by atoms with Gasteiger partial charge in [0.05, 0.1) is 17.8 Å². The van der Waals surface area contributed by atoms with E-state index in [0.29, 0.717) is 18.8 Å². The summed E-state index contributed by atoms with van der Waals surface area (Å²) in [4.78, 5) is 13.8. The highest BCUT2D eigenvalue weighted by Gasteiger charge is 2.32. The zero-order valence-electron chi connectivity index (χ0n) is 11.6. The van der Waals surface area contributed by atoms with Gasteiger partial charge in [0, 0.05) is 19.2 Å². The van der Waals surface area contributed by atoms with Crippen LogP contribution in [0.1, 0.15) is 38.8 Å². The van der Waals surface area contributed by atoms with Crippen molar-refractivity contribution >= 4 is 11.8 Å². The highest BCUT2D eigenvalue weighted by molar-refractivity contribution is 5.91. The lowest BCUT2D eigenvalue weighted by atomic mass is 10.1. The summed E-state index contributed by atoms with van der Waals surface area (Å²) >= 11 is 0. The van der Waals surface area contributed by atoms with E-state index < -0.39 is 5.60 Å². The Hall–Kier alpha value is -1.40. The largest absolute Gasteiger partial charge is 0.389 e. The van der Waals surface area contributed by atoms with Crippen LogP contribution in [0.3, 0.4) is 0 Å². The molecule has 1 aromatic rings. The van der Waals surface area contributed by atoms with E-state index in [1.54, 1.807) is 13.0 Å². The van der Waals surface area contributed by atoms with Gasteiger partial charge in [-0.25, -0.2) is 0 Å². The minimum absolute atomic E-state index is 0.149. The number of carbonyl (C=O) groups is 1. The quantitative estimate of drug-likeness (QED) is 0.856. The molecule has 1 fully saturated rings. The van der Waals surface area contributed by atoms with Gasteiger partial charge in [-0.1, -0.05) is 19.0 Å². The maximum atomic E-state index is 11.8. The molecule has 1 saturated heterocycles. The molecule has 0 saturated carbocycles. The van der Waals surface area contributed by atoms with Gasteiger partial charge in [-0.2, -0.15) is 0 Å². The molecule has 1 atom stereocenters. The molecule has 0 radical (unpaired) electrons. The molecule has 6 heteroatoms. The predicted octanol–water partition coefficient (Wildman–Crippen LogP) is 1.19. The lowest BCUT2D eigenvalue weighted by Crippen LogP contribution is -2.35. The number of rotatable bonds is 4. The van der Waals surface area contributed by atoms with Crippen molar-refractivity contribution in [3.05, 3.63) is 11.8 Å². The van der Waals surface area contributed by atoms with Crippen molar-refractivity contribution in [2.45, 2.75) is 38.7 Å². The molecule has 0 spiro atoms. The van der Waals surface area contributed by atoms with E-state index in [1.165, 1.54) is 0 Å². The third-order valence-electron chi connectivity index (χ3n) is 3.28. The van der Waals surface area contributed by atoms with Crippen molar-refractivity contribution in [3.8, 4) is 0 Å². The molecule has 19 heavy (non-hydrogen) atoms. The standard InChI is InChI=1S/C13H21N3O3/c1-9(2)10-6-12(19-15-10)14-11(17)7-16-5-4-13(3,18)8-16/h6,9,18H,4-5,7-8H2,1-3H3,(H,14,17). The number of aromatic nitrogens is 1. The van der Waals surface area contributed by atoms with Crippen LogP contribution in [0, 0.1) is 0 Å². The topological polar surface area (TPSA) is 78.6 Å². The summed E-state index contributed by atoms with van der Waals surface area (Å²) in [6.45, 7) is 7.32.